The maximum absolute atomic E-state index is 9.37. The van der Waals surface area contributed by atoms with Crippen LogP contribution in [0.2, 0.25) is 0 Å². The molecular formula is C19H18N2O. The van der Waals surface area contributed by atoms with Crippen molar-refractivity contribution >= 4 is 16.8 Å². The van der Waals surface area contributed by atoms with Gasteiger partial charge in [-0.3, -0.25) is 0 Å². The predicted octanol–water partition coefficient (Wildman–Crippen LogP) is 2.94. The van der Waals surface area contributed by atoms with Crippen LogP contribution in [0.3, 0.4) is 0 Å². The lowest BCUT2D eigenvalue weighted by molar-refractivity contribution is 0.305. The molecule has 2 aliphatic rings. The Kier molecular flexibility index (Phi) is 3.10. The minimum absolute atomic E-state index is 0.0826. The molecule has 3 N–H and O–H groups in total. The third-order valence-corrected chi connectivity index (χ3v) is 4.38. The van der Waals surface area contributed by atoms with E-state index in [4.69, 9.17) is 5.73 Å². The van der Waals surface area contributed by atoms with Crippen molar-refractivity contribution in [3.63, 3.8) is 0 Å². The number of fused-ring (bicyclic) bond motifs is 5. The number of para-hydroxylation sites is 1. The Labute approximate surface area is 130 Å². The monoisotopic (exact) mass is 290 g/mol. The van der Waals surface area contributed by atoms with E-state index in [1.54, 1.807) is 0 Å². The lowest BCUT2D eigenvalue weighted by Crippen LogP contribution is -2.26. The van der Waals surface area contributed by atoms with Gasteiger partial charge in [0.25, 0.3) is 0 Å². The molecule has 0 spiro atoms. The number of nitrogens with two attached hydrogens (primary N) is 1. The van der Waals surface area contributed by atoms with Crippen LogP contribution in [0.15, 0.2) is 60.8 Å². The van der Waals surface area contributed by atoms with Gasteiger partial charge in [-0.15, -0.1) is 0 Å². The van der Waals surface area contributed by atoms with E-state index in [9.17, 15) is 5.11 Å². The molecule has 3 nitrogen and oxygen atoms in total. The van der Waals surface area contributed by atoms with E-state index in [0.29, 0.717) is 6.54 Å². The Morgan fingerprint density at radius 2 is 1.68 bits per heavy atom. The summed E-state index contributed by atoms with van der Waals surface area (Å²) in [5.74, 6) is 0. The van der Waals surface area contributed by atoms with Gasteiger partial charge in [-0.05, 0) is 22.8 Å². The van der Waals surface area contributed by atoms with Crippen LogP contribution in [-0.4, -0.2) is 18.3 Å². The quantitative estimate of drug-likeness (QED) is 0.894. The van der Waals surface area contributed by atoms with Crippen molar-refractivity contribution in [3.05, 3.63) is 77.5 Å². The molecule has 0 saturated carbocycles. The molecule has 0 saturated heterocycles. The molecule has 0 radical (unpaired) electrons. The summed E-state index contributed by atoms with van der Waals surface area (Å²) in [4.78, 5) is 2.12. The maximum atomic E-state index is 9.37. The number of allylic oxidation sites excluding steroid dienone is 2. The molecule has 110 valence electrons. The molecule has 2 aromatic rings. The first-order valence-corrected chi connectivity index (χ1v) is 7.55. The minimum atomic E-state index is -0.0826. The van der Waals surface area contributed by atoms with E-state index in [2.05, 4.69) is 41.4 Å². The van der Waals surface area contributed by atoms with Gasteiger partial charge in [-0.1, -0.05) is 48.5 Å². The number of anilines is 1. The average Bonchev–Trinajstić information content (AvgIpc) is 2.56. The molecule has 0 amide bonds. The maximum Gasteiger partial charge on any atom is 0.0610 e. The zero-order valence-corrected chi connectivity index (χ0v) is 12.2. The Morgan fingerprint density at radius 3 is 2.50 bits per heavy atom. The third-order valence-electron chi connectivity index (χ3n) is 4.38. The van der Waals surface area contributed by atoms with Crippen molar-refractivity contribution in [3.8, 4) is 0 Å². The fraction of sp³-hybridized carbons (Fsp3) is 0.158. The molecule has 2 aromatic carbocycles. The summed E-state index contributed by atoms with van der Waals surface area (Å²) in [6.07, 6.45) is 4.28. The van der Waals surface area contributed by atoms with E-state index in [0.717, 1.165) is 11.3 Å². The molecule has 3 heteroatoms. The molecule has 1 aliphatic heterocycles. The number of aliphatic hydroxyl groups excluding tert-OH is 1. The van der Waals surface area contributed by atoms with Crippen molar-refractivity contribution in [2.45, 2.75) is 6.04 Å². The summed E-state index contributed by atoms with van der Waals surface area (Å²) in [7, 11) is 0. The summed E-state index contributed by atoms with van der Waals surface area (Å²) in [6, 6.07) is 16.5. The van der Waals surface area contributed by atoms with E-state index in [1.165, 1.54) is 22.3 Å². The van der Waals surface area contributed by atoms with Crippen LogP contribution in [0.5, 0.6) is 0 Å². The van der Waals surface area contributed by atoms with Gasteiger partial charge in [-0.25, -0.2) is 0 Å². The Balaban J connectivity index is 1.95. The molecule has 1 atom stereocenters. The molecule has 4 rings (SSSR count). The van der Waals surface area contributed by atoms with Gasteiger partial charge in [0.1, 0.15) is 0 Å². The number of hydrogen-bond acceptors (Lipinski definition) is 3. The number of β-amino-alcohol motifs (C(OH)–C–C–N with tert-alkyl or cyclic N) is 1. The van der Waals surface area contributed by atoms with Crippen molar-refractivity contribution in [1.29, 1.82) is 0 Å². The van der Waals surface area contributed by atoms with Crippen molar-refractivity contribution in [2.75, 3.05) is 18.1 Å². The predicted molar refractivity (Wildman–Crippen MR) is 90.2 cm³/mol. The molecule has 1 unspecified atom stereocenters. The minimum Gasteiger partial charge on any atom is -0.395 e. The highest BCUT2D eigenvalue weighted by Crippen LogP contribution is 2.46. The summed E-state index contributed by atoms with van der Waals surface area (Å²) in [6.45, 7) is 0.709. The largest absolute Gasteiger partial charge is 0.395 e. The fourth-order valence-electron chi connectivity index (χ4n) is 3.38. The Hall–Kier alpha value is -2.36. The summed E-state index contributed by atoms with van der Waals surface area (Å²) < 4.78 is 0. The zero-order chi connectivity index (χ0) is 15.1. The van der Waals surface area contributed by atoms with E-state index in [-0.39, 0.29) is 12.6 Å². The smallest absolute Gasteiger partial charge is 0.0610 e. The highest BCUT2D eigenvalue weighted by molar-refractivity contribution is 6.12. The van der Waals surface area contributed by atoms with Gasteiger partial charge in [0, 0.05) is 35.6 Å². The average molecular weight is 290 g/mol. The van der Waals surface area contributed by atoms with Crippen LogP contribution in [0.25, 0.3) is 11.1 Å². The van der Waals surface area contributed by atoms with Crippen molar-refractivity contribution < 1.29 is 5.11 Å². The van der Waals surface area contributed by atoms with E-state index in [1.807, 2.05) is 24.3 Å². The number of rotatable bonds is 2. The van der Waals surface area contributed by atoms with Crippen molar-refractivity contribution in [2.24, 2.45) is 5.73 Å². The number of nitrogens with zero attached hydrogens (tertiary/aromatic N) is 1. The number of benzene rings is 2. The molecule has 1 aliphatic carbocycles. The second-order valence-electron chi connectivity index (χ2n) is 5.67. The van der Waals surface area contributed by atoms with Gasteiger partial charge in [0.05, 0.1) is 6.61 Å². The van der Waals surface area contributed by atoms with Crippen LogP contribution in [0, 0.1) is 0 Å². The lowest BCUT2D eigenvalue weighted by Gasteiger charge is -2.34. The second-order valence-corrected chi connectivity index (χ2v) is 5.67. The van der Waals surface area contributed by atoms with Crippen LogP contribution in [0.4, 0.5) is 5.69 Å². The van der Waals surface area contributed by atoms with Gasteiger partial charge >= 0.3 is 0 Å². The summed E-state index contributed by atoms with van der Waals surface area (Å²) in [5.41, 5.74) is 13.4. The third kappa shape index (κ3) is 1.90. The molecular weight excluding hydrogens is 272 g/mol. The standard InChI is InChI=1S/C19H18N2O/c20-18-11-16-15-7-3-4-8-19(15)21(9-10-22)12-17(16)13-5-1-2-6-14(13)18/h1-8,11-12,18,22H,9-10,20H2. The van der Waals surface area contributed by atoms with Gasteiger partial charge in [0.15, 0.2) is 0 Å². The first-order chi connectivity index (χ1) is 10.8. The van der Waals surface area contributed by atoms with Crippen LogP contribution < -0.4 is 10.6 Å². The first kappa shape index (κ1) is 13.3. The van der Waals surface area contributed by atoms with Crippen molar-refractivity contribution in [1.82, 2.24) is 0 Å². The zero-order valence-electron chi connectivity index (χ0n) is 12.2. The van der Waals surface area contributed by atoms with Gasteiger partial charge in [0.2, 0.25) is 0 Å². The Morgan fingerprint density at radius 1 is 0.955 bits per heavy atom. The molecule has 1 heterocycles. The normalized spacial score (nSPS) is 18.8. The van der Waals surface area contributed by atoms with Gasteiger partial charge in [-0.2, -0.15) is 0 Å². The SMILES string of the molecule is NC1C=C2C(=CN(CCO)c3ccccc32)c2ccccc21. The van der Waals surface area contributed by atoms with Crippen LogP contribution in [0.1, 0.15) is 22.7 Å². The van der Waals surface area contributed by atoms with Crippen LogP contribution >= 0.6 is 0 Å². The summed E-state index contributed by atoms with van der Waals surface area (Å²) >= 11 is 0. The lowest BCUT2D eigenvalue weighted by atomic mass is 9.80. The van der Waals surface area contributed by atoms with Crippen LogP contribution in [-0.2, 0) is 0 Å². The first-order valence-electron chi connectivity index (χ1n) is 7.55. The van der Waals surface area contributed by atoms with E-state index >= 15 is 0 Å². The van der Waals surface area contributed by atoms with E-state index < -0.39 is 0 Å². The molecule has 0 aromatic heterocycles. The fourth-order valence-corrected chi connectivity index (χ4v) is 3.38. The second kappa shape index (κ2) is 5.13. The number of aliphatic hydroxyl groups is 1. The number of hydrogen-bond donors (Lipinski definition) is 2. The van der Waals surface area contributed by atoms with Gasteiger partial charge < -0.3 is 15.7 Å². The highest BCUT2D eigenvalue weighted by Gasteiger charge is 2.28. The molecule has 22 heavy (non-hydrogen) atoms. The molecule has 0 bridgehead atoms. The summed E-state index contributed by atoms with van der Waals surface area (Å²) in [5, 5.41) is 9.37. The topological polar surface area (TPSA) is 49.5 Å². The molecule has 0 fully saturated rings. The Bertz CT molecular complexity index is 792. The highest BCUT2D eigenvalue weighted by atomic mass is 16.3.